The molecule has 0 aliphatic carbocycles. The Morgan fingerprint density at radius 3 is 2.96 bits per heavy atom. The van der Waals surface area contributed by atoms with E-state index in [2.05, 4.69) is 10.3 Å². The fourth-order valence-electron chi connectivity index (χ4n) is 2.07. The van der Waals surface area contributed by atoms with E-state index < -0.39 is 5.91 Å². The summed E-state index contributed by atoms with van der Waals surface area (Å²) in [5, 5.41) is 18.7. The van der Waals surface area contributed by atoms with Gasteiger partial charge in [-0.3, -0.25) is 4.79 Å². The molecule has 0 saturated heterocycles. The normalized spacial score (nSPS) is 11.0. The second-order valence-corrected chi connectivity index (χ2v) is 6.58. The third-order valence-electron chi connectivity index (χ3n) is 3.27. The van der Waals surface area contributed by atoms with Crippen LogP contribution in [-0.4, -0.2) is 18.0 Å². The van der Waals surface area contributed by atoms with Crippen LogP contribution in [0.2, 0.25) is 0 Å². The summed E-state index contributed by atoms with van der Waals surface area (Å²) in [6.07, 6.45) is 1.49. The van der Waals surface area contributed by atoms with Gasteiger partial charge in [0, 0.05) is 28.1 Å². The lowest BCUT2D eigenvalue weighted by Gasteiger charge is -2.06. The number of carbonyl (C=O) groups is 1. The summed E-state index contributed by atoms with van der Waals surface area (Å²) in [7, 11) is 1.55. The molecule has 1 amide bonds. The molecule has 3 rings (SSSR count). The number of carbonyl (C=O) groups excluding carboxylic acids is 1. The molecule has 0 bridgehead atoms. The van der Waals surface area contributed by atoms with Gasteiger partial charge in [-0.1, -0.05) is 6.07 Å². The standard InChI is InChI=1S/C18H13N3O2S2/c1-23-16-4-2-3-14(8-16)20-17(22)13(9-19)7-15-11-25-18(21-15)12-5-6-24-10-12/h2-8,10-11H,1H3,(H,20,22)/b13-7-. The monoisotopic (exact) mass is 367 g/mol. The lowest BCUT2D eigenvalue weighted by Crippen LogP contribution is -2.13. The third kappa shape index (κ3) is 4.12. The van der Waals surface area contributed by atoms with Gasteiger partial charge in [-0.15, -0.1) is 11.3 Å². The zero-order valence-corrected chi connectivity index (χ0v) is 14.9. The predicted molar refractivity (Wildman–Crippen MR) is 101 cm³/mol. The van der Waals surface area contributed by atoms with Gasteiger partial charge in [0.05, 0.1) is 12.8 Å². The highest BCUT2D eigenvalue weighted by atomic mass is 32.1. The van der Waals surface area contributed by atoms with Gasteiger partial charge in [0.1, 0.15) is 22.4 Å². The minimum absolute atomic E-state index is 0.00927. The zero-order valence-electron chi connectivity index (χ0n) is 13.2. The summed E-state index contributed by atoms with van der Waals surface area (Å²) < 4.78 is 5.12. The molecule has 1 aromatic carbocycles. The van der Waals surface area contributed by atoms with E-state index in [1.54, 1.807) is 42.7 Å². The Bertz CT molecular complexity index is 953. The van der Waals surface area contributed by atoms with Crippen LogP contribution in [0.5, 0.6) is 5.75 Å². The van der Waals surface area contributed by atoms with Crippen molar-refractivity contribution in [1.82, 2.24) is 4.98 Å². The molecule has 0 aliphatic heterocycles. The highest BCUT2D eigenvalue weighted by Crippen LogP contribution is 2.26. The highest BCUT2D eigenvalue weighted by Gasteiger charge is 2.12. The van der Waals surface area contributed by atoms with Crippen LogP contribution in [0, 0.1) is 11.3 Å². The number of ether oxygens (including phenoxy) is 1. The number of amides is 1. The summed E-state index contributed by atoms with van der Waals surface area (Å²) in [4.78, 5) is 16.8. The first-order chi connectivity index (χ1) is 12.2. The highest BCUT2D eigenvalue weighted by molar-refractivity contribution is 7.14. The fraction of sp³-hybridized carbons (Fsp3) is 0.0556. The van der Waals surface area contributed by atoms with Crippen molar-refractivity contribution in [3.05, 3.63) is 57.7 Å². The predicted octanol–water partition coefficient (Wildman–Crippen LogP) is 4.43. The van der Waals surface area contributed by atoms with E-state index in [-0.39, 0.29) is 5.57 Å². The fourth-order valence-corrected chi connectivity index (χ4v) is 3.56. The van der Waals surface area contributed by atoms with Gasteiger partial charge < -0.3 is 10.1 Å². The van der Waals surface area contributed by atoms with Crippen LogP contribution in [0.4, 0.5) is 5.69 Å². The molecule has 0 fully saturated rings. The number of thiazole rings is 1. The van der Waals surface area contributed by atoms with Crippen molar-refractivity contribution in [3.63, 3.8) is 0 Å². The molecule has 0 radical (unpaired) electrons. The van der Waals surface area contributed by atoms with E-state index in [1.807, 2.05) is 28.3 Å². The van der Waals surface area contributed by atoms with Gasteiger partial charge in [0.25, 0.3) is 5.91 Å². The van der Waals surface area contributed by atoms with E-state index in [0.717, 1.165) is 10.6 Å². The molecule has 7 heteroatoms. The van der Waals surface area contributed by atoms with Gasteiger partial charge in [-0.05, 0) is 29.7 Å². The Kier molecular flexibility index (Phi) is 5.23. The second-order valence-electron chi connectivity index (χ2n) is 4.95. The number of rotatable bonds is 5. The van der Waals surface area contributed by atoms with Crippen LogP contribution in [0.1, 0.15) is 5.69 Å². The quantitative estimate of drug-likeness (QED) is 0.535. The maximum absolute atomic E-state index is 12.3. The summed E-state index contributed by atoms with van der Waals surface area (Å²) in [5.41, 5.74) is 2.17. The largest absolute Gasteiger partial charge is 0.497 e. The number of benzene rings is 1. The number of hydrogen-bond acceptors (Lipinski definition) is 6. The molecule has 5 nitrogen and oxygen atoms in total. The van der Waals surface area contributed by atoms with Gasteiger partial charge >= 0.3 is 0 Å². The molecule has 124 valence electrons. The molecule has 0 atom stereocenters. The number of nitrogens with one attached hydrogen (secondary N) is 1. The number of nitriles is 1. The molecular formula is C18H13N3O2S2. The van der Waals surface area contributed by atoms with Crippen molar-refractivity contribution in [2.75, 3.05) is 12.4 Å². The topological polar surface area (TPSA) is 75.0 Å². The van der Waals surface area contributed by atoms with Crippen molar-refractivity contribution in [3.8, 4) is 22.4 Å². The van der Waals surface area contributed by atoms with Crippen LogP contribution in [0.15, 0.2) is 52.0 Å². The van der Waals surface area contributed by atoms with Gasteiger partial charge in [-0.25, -0.2) is 4.98 Å². The zero-order chi connectivity index (χ0) is 17.6. The van der Waals surface area contributed by atoms with Crippen molar-refractivity contribution < 1.29 is 9.53 Å². The summed E-state index contributed by atoms with van der Waals surface area (Å²) in [6.45, 7) is 0. The minimum atomic E-state index is -0.485. The maximum atomic E-state index is 12.3. The molecule has 0 spiro atoms. The van der Waals surface area contributed by atoms with E-state index in [0.29, 0.717) is 17.1 Å². The first kappa shape index (κ1) is 16.9. The van der Waals surface area contributed by atoms with Crippen molar-refractivity contribution in [2.24, 2.45) is 0 Å². The summed E-state index contributed by atoms with van der Waals surface area (Å²) >= 11 is 3.07. The SMILES string of the molecule is COc1cccc(NC(=O)/C(C#N)=C\c2csc(-c3ccsc3)n2)c1. The van der Waals surface area contributed by atoms with Crippen LogP contribution >= 0.6 is 22.7 Å². The molecule has 0 unspecified atom stereocenters. The Morgan fingerprint density at radius 2 is 2.24 bits per heavy atom. The van der Waals surface area contributed by atoms with Crippen LogP contribution in [0.25, 0.3) is 16.6 Å². The second kappa shape index (κ2) is 7.75. The van der Waals surface area contributed by atoms with Gasteiger partial charge in [-0.2, -0.15) is 16.6 Å². The van der Waals surface area contributed by atoms with Crippen molar-refractivity contribution >= 4 is 40.3 Å². The summed E-state index contributed by atoms with van der Waals surface area (Å²) in [6, 6.07) is 10.9. The van der Waals surface area contributed by atoms with E-state index >= 15 is 0 Å². The number of methoxy groups -OCH3 is 1. The van der Waals surface area contributed by atoms with E-state index in [1.165, 1.54) is 17.4 Å². The van der Waals surface area contributed by atoms with Crippen LogP contribution in [-0.2, 0) is 4.79 Å². The number of anilines is 1. The Labute approximate surface area is 152 Å². The van der Waals surface area contributed by atoms with E-state index in [9.17, 15) is 10.1 Å². The molecule has 3 aromatic rings. The first-order valence-electron chi connectivity index (χ1n) is 7.25. The van der Waals surface area contributed by atoms with Crippen LogP contribution in [0.3, 0.4) is 0 Å². The number of aromatic nitrogens is 1. The van der Waals surface area contributed by atoms with Crippen LogP contribution < -0.4 is 10.1 Å². The third-order valence-corrected chi connectivity index (χ3v) is 4.87. The maximum Gasteiger partial charge on any atom is 0.266 e. The minimum Gasteiger partial charge on any atom is -0.497 e. The Balaban J connectivity index is 1.78. The molecular weight excluding hydrogens is 354 g/mol. The summed E-state index contributed by atoms with van der Waals surface area (Å²) in [5.74, 6) is 0.140. The van der Waals surface area contributed by atoms with Gasteiger partial charge in [0.15, 0.2) is 0 Å². The van der Waals surface area contributed by atoms with Crippen molar-refractivity contribution in [2.45, 2.75) is 0 Å². The van der Waals surface area contributed by atoms with Crippen molar-refractivity contribution in [1.29, 1.82) is 5.26 Å². The smallest absolute Gasteiger partial charge is 0.266 e. The molecule has 1 N–H and O–H groups in total. The molecule has 25 heavy (non-hydrogen) atoms. The first-order valence-corrected chi connectivity index (χ1v) is 9.07. The van der Waals surface area contributed by atoms with Gasteiger partial charge in [0.2, 0.25) is 0 Å². The lowest BCUT2D eigenvalue weighted by molar-refractivity contribution is -0.112. The Hall–Kier alpha value is -2.95. The number of nitrogens with zero attached hydrogens (tertiary/aromatic N) is 2. The molecule has 2 aromatic heterocycles. The lowest BCUT2D eigenvalue weighted by atomic mass is 10.2. The number of thiophene rings is 1. The molecule has 0 aliphatic rings. The average Bonchev–Trinajstić information content (AvgIpc) is 3.31. The molecule has 0 saturated carbocycles. The Morgan fingerprint density at radius 1 is 1.36 bits per heavy atom. The average molecular weight is 367 g/mol. The van der Waals surface area contributed by atoms with E-state index in [4.69, 9.17) is 4.74 Å². The molecule has 2 heterocycles. The number of hydrogen-bond donors (Lipinski definition) is 1.